The van der Waals surface area contributed by atoms with Gasteiger partial charge in [-0.3, -0.25) is 9.55 Å². The van der Waals surface area contributed by atoms with Crippen LogP contribution in [0.15, 0.2) is 35.5 Å². The van der Waals surface area contributed by atoms with Crippen molar-refractivity contribution < 1.29 is 0 Å². The summed E-state index contributed by atoms with van der Waals surface area (Å²) in [7, 11) is 0. The van der Waals surface area contributed by atoms with Crippen molar-refractivity contribution in [2.24, 2.45) is 0 Å². The Kier molecular flexibility index (Phi) is 4.23. The summed E-state index contributed by atoms with van der Waals surface area (Å²) >= 11 is 0. The Morgan fingerprint density at radius 2 is 2.05 bits per heavy atom. The van der Waals surface area contributed by atoms with Crippen LogP contribution in [0.4, 0.5) is 5.95 Å². The Labute approximate surface area is 123 Å². The van der Waals surface area contributed by atoms with Gasteiger partial charge in [-0.25, -0.2) is 9.78 Å². The van der Waals surface area contributed by atoms with E-state index in [4.69, 9.17) is 0 Å². The molecule has 2 aromatic rings. The molecule has 0 spiro atoms. The van der Waals surface area contributed by atoms with Crippen LogP contribution in [-0.2, 0) is 6.54 Å². The second-order valence-electron chi connectivity index (χ2n) is 5.39. The maximum atomic E-state index is 12.0. The molecule has 0 saturated heterocycles. The van der Waals surface area contributed by atoms with E-state index in [1.54, 1.807) is 6.20 Å². The molecule has 3 rings (SSSR count). The number of hydrogen-bond donors (Lipinski definition) is 1. The van der Waals surface area contributed by atoms with E-state index >= 15 is 0 Å². The van der Waals surface area contributed by atoms with Gasteiger partial charge in [-0.05, 0) is 25.0 Å². The van der Waals surface area contributed by atoms with E-state index in [1.807, 2.05) is 18.2 Å². The first-order valence-corrected chi connectivity index (χ1v) is 7.41. The van der Waals surface area contributed by atoms with Crippen molar-refractivity contribution in [1.29, 1.82) is 0 Å². The zero-order valence-corrected chi connectivity index (χ0v) is 11.9. The Balaban J connectivity index is 1.69. The van der Waals surface area contributed by atoms with Crippen LogP contribution in [0.3, 0.4) is 0 Å². The zero-order valence-electron chi connectivity index (χ0n) is 11.9. The number of nitrogens with one attached hydrogen (secondary N) is 1. The average molecular weight is 285 g/mol. The average Bonchev–Trinajstić information content (AvgIpc) is 2.52. The number of nitrogens with zero attached hydrogens (tertiary/aromatic N) is 4. The molecule has 1 aliphatic rings. The van der Waals surface area contributed by atoms with Crippen LogP contribution in [0.5, 0.6) is 0 Å². The van der Waals surface area contributed by atoms with Crippen LogP contribution in [0.1, 0.15) is 37.8 Å². The number of aromatic nitrogens is 4. The highest BCUT2D eigenvalue weighted by atomic mass is 16.1. The predicted molar refractivity (Wildman–Crippen MR) is 80.1 cm³/mol. The minimum atomic E-state index is -0.297. The molecule has 1 fully saturated rings. The minimum Gasteiger partial charge on any atom is -0.351 e. The molecule has 6 heteroatoms. The highest BCUT2D eigenvalue weighted by Gasteiger charge is 2.14. The van der Waals surface area contributed by atoms with E-state index in [0.717, 1.165) is 18.5 Å². The maximum Gasteiger partial charge on any atom is 0.352 e. The summed E-state index contributed by atoms with van der Waals surface area (Å²) in [4.78, 5) is 24.5. The normalized spacial score (nSPS) is 15.8. The van der Waals surface area contributed by atoms with Gasteiger partial charge < -0.3 is 5.32 Å². The van der Waals surface area contributed by atoms with Gasteiger partial charge in [0.05, 0.1) is 12.2 Å². The molecular formula is C15H19N5O. The van der Waals surface area contributed by atoms with Crippen LogP contribution in [0.2, 0.25) is 0 Å². The van der Waals surface area contributed by atoms with Gasteiger partial charge in [0.25, 0.3) is 0 Å². The molecule has 0 amide bonds. The highest BCUT2D eigenvalue weighted by Crippen LogP contribution is 2.19. The van der Waals surface area contributed by atoms with Gasteiger partial charge in [0.1, 0.15) is 6.33 Å². The first-order valence-electron chi connectivity index (χ1n) is 7.41. The third-order valence-electron chi connectivity index (χ3n) is 3.76. The Bertz CT molecular complexity index is 634. The predicted octanol–water partition coefficient (Wildman–Crippen LogP) is 1.83. The van der Waals surface area contributed by atoms with Crippen molar-refractivity contribution in [2.45, 2.75) is 44.7 Å². The third kappa shape index (κ3) is 3.65. The van der Waals surface area contributed by atoms with Crippen LogP contribution < -0.4 is 11.0 Å². The summed E-state index contributed by atoms with van der Waals surface area (Å²) in [5, 5.41) is 3.26. The van der Waals surface area contributed by atoms with Gasteiger partial charge in [-0.15, -0.1) is 0 Å². The molecule has 6 nitrogen and oxygen atoms in total. The van der Waals surface area contributed by atoms with E-state index in [-0.39, 0.29) is 5.69 Å². The third-order valence-corrected chi connectivity index (χ3v) is 3.76. The molecular weight excluding hydrogens is 266 g/mol. The van der Waals surface area contributed by atoms with E-state index in [0.29, 0.717) is 18.5 Å². The molecule has 0 aromatic carbocycles. The SMILES string of the molecule is O=c1nc(NC2CCCCC2)ncn1Cc1ccccn1. The first kappa shape index (κ1) is 13.7. The Morgan fingerprint density at radius 1 is 1.19 bits per heavy atom. The fourth-order valence-corrected chi connectivity index (χ4v) is 2.63. The zero-order chi connectivity index (χ0) is 14.5. The van der Waals surface area contributed by atoms with Crippen molar-refractivity contribution in [3.05, 3.63) is 46.9 Å². The molecule has 2 heterocycles. The van der Waals surface area contributed by atoms with E-state index in [1.165, 1.54) is 30.2 Å². The number of rotatable bonds is 4. The van der Waals surface area contributed by atoms with E-state index < -0.39 is 0 Å². The lowest BCUT2D eigenvalue weighted by atomic mass is 9.96. The van der Waals surface area contributed by atoms with Crippen LogP contribution in [0.25, 0.3) is 0 Å². The van der Waals surface area contributed by atoms with Crippen molar-refractivity contribution in [3.8, 4) is 0 Å². The van der Waals surface area contributed by atoms with Gasteiger partial charge in [0.15, 0.2) is 0 Å². The number of anilines is 1. The maximum absolute atomic E-state index is 12.0. The standard InChI is InChI=1S/C15H19N5O/c21-15-19-14(18-12-6-2-1-3-7-12)17-11-20(15)10-13-8-4-5-9-16-13/h4-5,8-9,11-12H,1-3,6-7,10H2,(H,18,19,21). The minimum absolute atomic E-state index is 0.297. The van der Waals surface area contributed by atoms with Crippen molar-refractivity contribution >= 4 is 5.95 Å². The van der Waals surface area contributed by atoms with E-state index in [2.05, 4.69) is 20.3 Å². The molecule has 0 atom stereocenters. The molecule has 21 heavy (non-hydrogen) atoms. The summed E-state index contributed by atoms with van der Waals surface area (Å²) in [5.74, 6) is 0.434. The molecule has 1 aliphatic carbocycles. The van der Waals surface area contributed by atoms with Crippen LogP contribution >= 0.6 is 0 Å². The largest absolute Gasteiger partial charge is 0.352 e. The van der Waals surface area contributed by atoms with Gasteiger partial charge in [0.2, 0.25) is 5.95 Å². The lowest BCUT2D eigenvalue weighted by molar-refractivity contribution is 0.460. The molecule has 0 bridgehead atoms. The second kappa shape index (κ2) is 6.47. The first-order chi connectivity index (χ1) is 10.3. The molecule has 2 aromatic heterocycles. The molecule has 1 N–H and O–H groups in total. The van der Waals surface area contributed by atoms with E-state index in [9.17, 15) is 4.79 Å². The molecule has 1 saturated carbocycles. The van der Waals surface area contributed by atoms with Gasteiger partial charge in [-0.2, -0.15) is 4.98 Å². The second-order valence-corrected chi connectivity index (χ2v) is 5.39. The fraction of sp³-hybridized carbons (Fsp3) is 0.467. The molecule has 110 valence electrons. The highest BCUT2D eigenvalue weighted by molar-refractivity contribution is 5.23. The van der Waals surface area contributed by atoms with Gasteiger partial charge >= 0.3 is 5.69 Å². The van der Waals surface area contributed by atoms with Crippen molar-refractivity contribution in [3.63, 3.8) is 0 Å². The quantitative estimate of drug-likeness (QED) is 0.927. The van der Waals surface area contributed by atoms with Crippen molar-refractivity contribution in [2.75, 3.05) is 5.32 Å². The lowest BCUT2D eigenvalue weighted by Gasteiger charge is -2.22. The van der Waals surface area contributed by atoms with Crippen molar-refractivity contribution in [1.82, 2.24) is 19.5 Å². The van der Waals surface area contributed by atoms with Crippen LogP contribution in [-0.4, -0.2) is 25.6 Å². The van der Waals surface area contributed by atoms with Gasteiger partial charge in [0, 0.05) is 12.2 Å². The molecule has 0 unspecified atom stereocenters. The lowest BCUT2D eigenvalue weighted by Crippen LogP contribution is -2.29. The number of pyridine rings is 1. The smallest absolute Gasteiger partial charge is 0.351 e. The Hall–Kier alpha value is -2.24. The number of hydrogen-bond acceptors (Lipinski definition) is 5. The Morgan fingerprint density at radius 3 is 2.76 bits per heavy atom. The molecule has 0 radical (unpaired) electrons. The summed E-state index contributed by atoms with van der Waals surface area (Å²) in [6.07, 6.45) is 9.25. The monoisotopic (exact) mass is 285 g/mol. The summed E-state index contributed by atoms with van der Waals surface area (Å²) in [6.45, 7) is 0.392. The van der Waals surface area contributed by atoms with Crippen LogP contribution in [0, 0.1) is 0 Å². The summed E-state index contributed by atoms with van der Waals surface area (Å²) in [5.41, 5.74) is 0.519. The summed E-state index contributed by atoms with van der Waals surface area (Å²) in [6, 6.07) is 6.01. The summed E-state index contributed by atoms with van der Waals surface area (Å²) < 4.78 is 1.47. The topological polar surface area (TPSA) is 72.7 Å². The van der Waals surface area contributed by atoms with Gasteiger partial charge in [-0.1, -0.05) is 25.3 Å². The fourth-order valence-electron chi connectivity index (χ4n) is 2.63. The molecule has 0 aliphatic heterocycles.